The Morgan fingerprint density at radius 2 is 1.89 bits per heavy atom. The fourth-order valence-electron chi connectivity index (χ4n) is 1.72. The summed E-state index contributed by atoms with van der Waals surface area (Å²) in [5.74, 6) is 0. The molecule has 0 unspecified atom stereocenters. The minimum absolute atomic E-state index is 0.744. The molecular formula is C13H8Br2N2S. The molecule has 90 valence electrons. The van der Waals surface area contributed by atoms with Crippen molar-refractivity contribution in [2.75, 3.05) is 5.73 Å². The third kappa shape index (κ3) is 2.18. The van der Waals surface area contributed by atoms with Crippen LogP contribution >= 0.6 is 43.2 Å². The van der Waals surface area contributed by atoms with Crippen LogP contribution < -0.4 is 5.73 Å². The highest BCUT2D eigenvalue weighted by Gasteiger charge is 2.10. The number of halogens is 2. The molecule has 1 heterocycles. The van der Waals surface area contributed by atoms with E-state index in [9.17, 15) is 0 Å². The summed E-state index contributed by atoms with van der Waals surface area (Å²) < 4.78 is 3.22. The zero-order valence-electron chi connectivity index (χ0n) is 9.15. The Balaban J connectivity index is 2.22. The highest BCUT2D eigenvalue weighted by Crippen LogP contribution is 2.36. The first-order chi connectivity index (χ1) is 8.63. The van der Waals surface area contributed by atoms with Gasteiger partial charge in [-0.3, -0.25) is 0 Å². The lowest BCUT2D eigenvalue weighted by molar-refractivity contribution is 1.46. The van der Waals surface area contributed by atoms with Gasteiger partial charge in [-0.1, -0.05) is 31.9 Å². The standard InChI is InChI=1S/C13H8Br2N2S/c14-7-1-4-12-11(5-7)17-13(18-12)9-6-8(16)2-3-10(9)15/h1-6H,16H2. The van der Waals surface area contributed by atoms with E-state index in [1.807, 2.05) is 30.3 Å². The molecule has 5 heteroatoms. The van der Waals surface area contributed by atoms with Crippen molar-refractivity contribution in [2.45, 2.75) is 0 Å². The lowest BCUT2D eigenvalue weighted by atomic mass is 10.2. The first-order valence-corrected chi connectivity index (χ1v) is 7.65. The van der Waals surface area contributed by atoms with Crippen LogP contribution in [-0.4, -0.2) is 4.98 Å². The fraction of sp³-hybridized carbons (Fsp3) is 0. The van der Waals surface area contributed by atoms with Crippen LogP contribution in [0.25, 0.3) is 20.8 Å². The molecule has 1 aromatic heterocycles. The Bertz CT molecular complexity index is 737. The maximum absolute atomic E-state index is 5.83. The molecule has 0 radical (unpaired) electrons. The Hall–Kier alpha value is -0.910. The number of aromatic nitrogens is 1. The second-order valence-electron chi connectivity index (χ2n) is 3.87. The predicted octanol–water partition coefficient (Wildman–Crippen LogP) is 5.07. The number of anilines is 1. The molecule has 0 spiro atoms. The van der Waals surface area contributed by atoms with Gasteiger partial charge in [0, 0.05) is 20.2 Å². The first kappa shape index (κ1) is 12.1. The normalized spacial score (nSPS) is 11.0. The molecule has 0 saturated carbocycles. The summed E-state index contributed by atoms with van der Waals surface area (Å²) in [5, 5.41) is 0.974. The van der Waals surface area contributed by atoms with E-state index < -0.39 is 0 Å². The molecule has 0 aliphatic carbocycles. The van der Waals surface area contributed by atoms with Crippen LogP contribution in [0.15, 0.2) is 45.3 Å². The summed E-state index contributed by atoms with van der Waals surface area (Å²) in [5.41, 5.74) is 8.61. The maximum Gasteiger partial charge on any atom is 0.125 e. The van der Waals surface area contributed by atoms with Crippen LogP contribution in [0.5, 0.6) is 0 Å². The average molecular weight is 384 g/mol. The molecule has 0 aliphatic rings. The number of benzene rings is 2. The van der Waals surface area contributed by atoms with E-state index in [4.69, 9.17) is 5.73 Å². The van der Waals surface area contributed by atoms with E-state index >= 15 is 0 Å². The van der Waals surface area contributed by atoms with Gasteiger partial charge in [0.1, 0.15) is 5.01 Å². The van der Waals surface area contributed by atoms with Gasteiger partial charge >= 0.3 is 0 Å². The molecular weight excluding hydrogens is 376 g/mol. The van der Waals surface area contributed by atoms with Gasteiger partial charge in [-0.15, -0.1) is 11.3 Å². The number of hydrogen-bond donors (Lipinski definition) is 1. The quantitative estimate of drug-likeness (QED) is 0.595. The van der Waals surface area contributed by atoms with Crippen LogP contribution in [0.2, 0.25) is 0 Å². The van der Waals surface area contributed by atoms with E-state index in [0.717, 1.165) is 30.7 Å². The SMILES string of the molecule is Nc1ccc(Br)c(-c2nc3cc(Br)ccc3s2)c1. The highest BCUT2D eigenvalue weighted by molar-refractivity contribution is 9.10. The van der Waals surface area contributed by atoms with Crippen LogP contribution in [0.1, 0.15) is 0 Å². The molecule has 3 rings (SSSR count). The molecule has 0 fully saturated rings. The summed E-state index contributed by atoms with van der Waals surface area (Å²) in [6.07, 6.45) is 0. The number of nitrogen functional groups attached to an aromatic ring is 1. The molecule has 0 aliphatic heterocycles. The molecule has 0 atom stereocenters. The second-order valence-corrected chi connectivity index (χ2v) is 6.67. The summed E-state index contributed by atoms with van der Waals surface area (Å²) >= 11 is 8.66. The second kappa shape index (κ2) is 4.64. The number of rotatable bonds is 1. The van der Waals surface area contributed by atoms with Crippen LogP contribution in [0.3, 0.4) is 0 Å². The van der Waals surface area contributed by atoms with E-state index in [0.29, 0.717) is 0 Å². The van der Waals surface area contributed by atoms with Gasteiger partial charge in [0.2, 0.25) is 0 Å². The van der Waals surface area contributed by atoms with E-state index in [2.05, 4.69) is 42.9 Å². The summed E-state index contributed by atoms with van der Waals surface area (Å²) in [7, 11) is 0. The Labute approximate surface area is 125 Å². The third-order valence-corrected chi connectivity index (χ3v) is 4.82. The van der Waals surface area contributed by atoms with E-state index in [-0.39, 0.29) is 0 Å². The van der Waals surface area contributed by atoms with Gasteiger partial charge in [0.25, 0.3) is 0 Å². The van der Waals surface area contributed by atoms with Crippen molar-refractivity contribution < 1.29 is 0 Å². The van der Waals surface area contributed by atoms with Crippen molar-refractivity contribution in [1.29, 1.82) is 0 Å². The zero-order valence-corrected chi connectivity index (χ0v) is 13.1. The number of hydrogen-bond acceptors (Lipinski definition) is 3. The Morgan fingerprint density at radius 1 is 1.06 bits per heavy atom. The number of nitrogens with two attached hydrogens (primary N) is 1. The van der Waals surface area contributed by atoms with Crippen LogP contribution in [0.4, 0.5) is 5.69 Å². The maximum atomic E-state index is 5.83. The number of nitrogens with zero attached hydrogens (tertiary/aromatic N) is 1. The molecule has 3 aromatic rings. The summed E-state index contributed by atoms with van der Waals surface area (Å²) in [6, 6.07) is 11.9. The Kier molecular flexibility index (Phi) is 3.13. The molecule has 2 N–H and O–H groups in total. The lowest BCUT2D eigenvalue weighted by Crippen LogP contribution is -1.86. The topological polar surface area (TPSA) is 38.9 Å². The van der Waals surface area contributed by atoms with Crippen LogP contribution in [0, 0.1) is 0 Å². The minimum atomic E-state index is 0.744. The largest absolute Gasteiger partial charge is 0.399 e. The van der Waals surface area contributed by atoms with Crippen molar-refractivity contribution in [3.05, 3.63) is 45.3 Å². The third-order valence-electron chi connectivity index (χ3n) is 2.57. The van der Waals surface area contributed by atoms with Gasteiger partial charge in [-0.25, -0.2) is 4.98 Å². The number of thiazole rings is 1. The highest BCUT2D eigenvalue weighted by atomic mass is 79.9. The van der Waals surface area contributed by atoms with Gasteiger partial charge < -0.3 is 5.73 Å². The van der Waals surface area contributed by atoms with Crippen LogP contribution in [-0.2, 0) is 0 Å². The van der Waals surface area contributed by atoms with Crippen molar-refractivity contribution in [2.24, 2.45) is 0 Å². The summed E-state index contributed by atoms with van der Waals surface area (Å²) in [6.45, 7) is 0. The van der Waals surface area contributed by atoms with Crippen molar-refractivity contribution in [1.82, 2.24) is 4.98 Å². The van der Waals surface area contributed by atoms with Gasteiger partial charge in [0.05, 0.1) is 10.2 Å². The Morgan fingerprint density at radius 3 is 2.72 bits per heavy atom. The zero-order chi connectivity index (χ0) is 12.7. The minimum Gasteiger partial charge on any atom is -0.399 e. The molecule has 0 amide bonds. The summed E-state index contributed by atoms with van der Waals surface area (Å²) in [4.78, 5) is 4.65. The average Bonchev–Trinajstić information content (AvgIpc) is 2.74. The predicted molar refractivity (Wildman–Crippen MR) is 84.9 cm³/mol. The molecule has 2 aromatic carbocycles. The fourth-order valence-corrected chi connectivity index (χ4v) is 3.61. The monoisotopic (exact) mass is 382 g/mol. The number of fused-ring (bicyclic) bond motifs is 1. The molecule has 0 saturated heterocycles. The van der Waals surface area contributed by atoms with E-state index in [1.54, 1.807) is 11.3 Å². The smallest absolute Gasteiger partial charge is 0.125 e. The van der Waals surface area contributed by atoms with Gasteiger partial charge in [-0.05, 0) is 36.4 Å². The van der Waals surface area contributed by atoms with Gasteiger partial charge in [0.15, 0.2) is 0 Å². The first-order valence-electron chi connectivity index (χ1n) is 5.25. The van der Waals surface area contributed by atoms with Crippen molar-refractivity contribution >= 4 is 59.1 Å². The molecule has 2 nitrogen and oxygen atoms in total. The molecule has 0 bridgehead atoms. The van der Waals surface area contributed by atoms with Crippen molar-refractivity contribution in [3.63, 3.8) is 0 Å². The van der Waals surface area contributed by atoms with E-state index in [1.165, 1.54) is 4.70 Å². The van der Waals surface area contributed by atoms with Gasteiger partial charge in [-0.2, -0.15) is 0 Å². The lowest BCUT2D eigenvalue weighted by Gasteiger charge is -2.01. The molecule has 18 heavy (non-hydrogen) atoms. The van der Waals surface area contributed by atoms with Crippen molar-refractivity contribution in [3.8, 4) is 10.6 Å².